The van der Waals surface area contributed by atoms with Gasteiger partial charge in [0, 0.05) is 6.42 Å². The van der Waals surface area contributed by atoms with Crippen molar-refractivity contribution >= 4 is 0 Å². The second-order valence-electron chi connectivity index (χ2n) is 5.88. The van der Waals surface area contributed by atoms with Crippen molar-refractivity contribution in [1.29, 1.82) is 5.26 Å². The lowest BCUT2D eigenvalue weighted by molar-refractivity contribution is 0.303. The summed E-state index contributed by atoms with van der Waals surface area (Å²) in [5.41, 5.74) is 5.92. The minimum atomic E-state index is -0.118. The Bertz CT molecular complexity index is 697. The van der Waals surface area contributed by atoms with E-state index in [4.69, 9.17) is 4.74 Å². The molecule has 2 heteroatoms. The van der Waals surface area contributed by atoms with Crippen molar-refractivity contribution in [3.63, 3.8) is 0 Å². The third-order valence-electron chi connectivity index (χ3n) is 4.18. The predicted molar refractivity (Wildman–Crippen MR) is 90.3 cm³/mol. The summed E-state index contributed by atoms with van der Waals surface area (Å²) in [6.45, 7) is 8.86. The molecule has 0 bridgehead atoms. The molecule has 0 saturated heterocycles. The molecule has 0 N–H and O–H groups in total. The molecule has 2 aromatic carbocycles. The molecular weight excluding hydrogens is 270 g/mol. The van der Waals surface area contributed by atoms with E-state index in [1.54, 1.807) is 0 Å². The number of rotatable bonds is 5. The highest BCUT2D eigenvalue weighted by molar-refractivity contribution is 5.41. The molecule has 0 heterocycles. The number of nitriles is 1. The number of aryl methyl sites for hydroxylation is 4. The molecule has 0 aliphatic rings. The fourth-order valence-corrected chi connectivity index (χ4v) is 2.64. The quantitative estimate of drug-likeness (QED) is 0.777. The summed E-state index contributed by atoms with van der Waals surface area (Å²) in [6.07, 6.45) is 0.702. The van der Waals surface area contributed by atoms with Crippen LogP contribution in [0, 0.1) is 39.0 Å². The smallest absolute Gasteiger partial charge is 0.122 e. The molecule has 2 rings (SSSR count). The first-order valence-electron chi connectivity index (χ1n) is 7.68. The highest BCUT2D eigenvalue weighted by atomic mass is 16.5. The first-order valence-corrected chi connectivity index (χ1v) is 7.68. The zero-order chi connectivity index (χ0) is 16.1. The highest BCUT2D eigenvalue weighted by Crippen LogP contribution is 2.25. The summed E-state index contributed by atoms with van der Waals surface area (Å²) in [7, 11) is 0. The van der Waals surface area contributed by atoms with Crippen LogP contribution in [0.5, 0.6) is 5.75 Å². The average Bonchev–Trinajstić information content (AvgIpc) is 2.50. The van der Waals surface area contributed by atoms with Crippen molar-refractivity contribution in [1.82, 2.24) is 0 Å². The summed E-state index contributed by atoms with van der Waals surface area (Å²) in [5, 5.41) is 9.43. The Morgan fingerprint density at radius 1 is 0.955 bits per heavy atom. The van der Waals surface area contributed by atoms with Crippen molar-refractivity contribution in [3.05, 3.63) is 64.2 Å². The van der Waals surface area contributed by atoms with E-state index in [1.807, 2.05) is 31.2 Å². The molecule has 114 valence electrons. The largest absolute Gasteiger partial charge is 0.493 e. The molecular formula is C20H23NO. The van der Waals surface area contributed by atoms with Crippen LogP contribution in [-0.2, 0) is 0 Å². The van der Waals surface area contributed by atoms with Crippen LogP contribution in [0.4, 0.5) is 0 Å². The second-order valence-corrected chi connectivity index (χ2v) is 5.88. The van der Waals surface area contributed by atoms with Crippen LogP contribution in [0.15, 0.2) is 36.4 Å². The van der Waals surface area contributed by atoms with Gasteiger partial charge in [0.15, 0.2) is 0 Å². The van der Waals surface area contributed by atoms with Crippen LogP contribution < -0.4 is 4.74 Å². The van der Waals surface area contributed by atoms with Gasteiger partial charge in [-0.3, -0.25) is 0 Å². The number of ether oxygens (including phenoxy) is 1. The van der Waals surface area contributed by atoms with Gasteiger partial charge in [0.05, 0.1) is 18.6 Å². The van der Waals surface area contributed by atoms with Crippen molar-refractivity contribution in [2.45, 2.75) is 40.0 Å². The highest BCUT2D eigenvalue weighted by Gasteiger charge is 2.13. The van der Waals surface area contributed by atoms with Crippen molar-refractivity contribution in [3.8, 4) is 11.8 Å². The van der Waals surface area contributed by atoms with Gasteiger partial charge in [-0.1, -0.05) is 30.3 Å². The zero-order valence-electron chi connectivity index (χ0n) is 13.8. The second kappa shape index (κ2) is 7.13. The Kier molecular flexibility index (Phi) is 5.22. The summed E-state index contributed by atoms with van der Waals surface area (Å²) in [5.74, 6) is 0.803. The first kappa shape index (κ1) is 16.1. The molecule has 0 aliphatic heterocycles. The van der Waals surface area contributed by atoms with Crippen LogP contribution in [0.25, 0.3) is 0 Å². The van der Waals surface area contributed by atoms with E-state index in [0.717, 1.165) is 22.4 Å². The molecule has 22 heavy (non-hydrogen) atoms. The Morgan fingerprint density at radius 3 is 2.32 bits per heavy atom. The van der Waals surface area contributed by atoms with Gasteiger partial charge >= 0.3 is 0 Å². The summed E-state index contributed by atoms with van der Waals surface area (Å²) in [6, 6.07) is 14.7. The lowest BCUT2D eigenvalue weighted by Crippen LogP contribution is -2.06. The van der Waals surface area contributed by atoms with Crippen LogP contribution in [-0.4, -0.2) is 6.61 Å². The van der Waals surface area contributed by atoms with Crippen LogP contribution in [0.1, 0.15) is 40.2 Å². The molecule has 0 aliphatic carbocycles. The van der Waals surface area contributed by atoms with Gasteiger partial charge < -0.3 is 4.74 Å². The molecule has 1 unspecified atom stereocenters. The predicted octanol–water partition coefficient (Wildman–Crippen LogP) is 5.00. The molecule has 0 spiro atoms. The van der Waals surface area contributed by atoms with E-state index in [0.29, 0.717) is 13.0 Å². The van der Waals surface area contributed by atoms with Gasteiger partial charge in [0.25, 0.3) is 0 Å². The van der Waals surface area contributed by atoms with Gasteiger partial charge in [-0.25, -0.2) is 0 Å². The molecule has 0 amide bonds. The summed E-state index contributed by atoms with van der Waals surface area (Å²) in [4.78, 5) is 0. The minimum Gasteiger partial charge on any atom is -0.493 e. The van der Waals surface area contributed by atoms with E-state index < -0.39 is 0 Å². The minimum absolute atomic E-state index is 0.118. The zero-order valence-corrected chi connectivity index (χ0v) is 13.8. The Balaban J connectivity index is 2.03. The normalized spacial score (nSPS) is 11.8. The lowest BCUT2D eigenvalue weighted by atomic mass is 9.94. The molecule has 0 radical (unpaired) electrons. The van der Waals surface area contributed by atoms with Gasteiger partial charge in [0.1, 0.15) is 5.75 Å². The van der Waals surface area contributed by atoms with Crippen LogP contribution in [0.2, 0.25) is 0 Å². The van der Waals surface area contributed by atoms with Crippen LogP contribution in [0.3, 0.4) is 0 Å². The maximum Gasteiger partial charge on any atom is 0.122 e. The number of hydrogen-bond acceptors (Lipinski definition) is 2. The maximum absolute atomic E-state index is 9.43. The third-order valence-corrected chi connectivity index (χ3v) is 4.18. The molecule has 2 aromatic rings. The van der Waals surface area contributed by atoms with Crippen molar-refractivity contribution < 1.29 is 4.74 Å². The average molecular weight is 293 g/mol. The van der Waals surface area contributed by atoms with Gasteiger partial charge in [-0.05, 0) is 61.6 Å². The van der Waals surface area contributed by atoms with Crippen molar-refractivity contribution in [2.75, 3.05) is 6.61 Å². The molecule has 0 fully saturated rings. The number of hydrogen-bond donors (Lipinski definition) is 0. The fraction of sp³-hybridized carbons (Fsp3) is 0.350. The Labute approximate surface area is 133 Å². The van der Waals surface area contributed by atoms with Gasteiger partial charge in [-0.15, -0.1) is 0 Å². The molecule has 1 atom stereocenters. The van der Waals surface area contributed by atoms with E-state index in [9.17, 15) is 5.26 Å². The third kappa shape index (κ3) is 3.68. The summed E-state index contributed by atoms with van der Waals surface area (Å²) >= 11 is 0. The number of nitrogens with zero attached hydrogens (tertiary/aromatic N) is 1. The van der Waals surface area contributed by atoms with Crippen LogP contribution >= 0.6 is 0 Å². The fourth-order valence-electron chi connectivity index (χ4n) is 2.64. The summed E-state index contributed by atoms with van der Waals surface area (Å²) < 4.78 is 5.92. The number of benzene rings is 2. The van der Waals surface area contributed by atoms with E-state index >= 15 is 0 Å². The molecule has 2 nitrogen and oxygen atoms in total. The van der Waals surface area contributed by atoms with Gasteiger partial charge in [0.2, 0.25) is 0 Å². The van der Waals surface area contributed by atoms with E-state index in [1.165, 1.54) is 11.1 Å². The van der Waals surface area contributed by atoms with E-state index in [-0.39, 0.29) is 5.92 Å². The van der Waals surface area contributed by atoms with Gasteiger partial charge in [-0.2, -0.15) is 5.26 Å². The lowest BCUT2D eigenvalue weighted by Gasteiger charge is -2.15. The first-order chi connectivity index (χ1) is 10.5. The standard InChI is InChI=1S/C20H23NO/c1-14-7-5-6-8-19(14)18(13-21)9-10-22-20-12-16(3)15(2)11-17(20)4/h5-8,11-12,18H,9-10H2,1-4H3. The maximum atomic E-state index is 9.43. The Hall–Kier alpha value is -2.27. The van der Waals surface area contributed by atoms with Crippen molar-refractivity contribution in [2.24, 2.45) is 0 Å². The molecule has 0 aromatic heterocycles. The Morgan fingerprint density at radius 2 is 1.64 bits per heavy atom. The molecule has 0 saturated carbocycles. The monoisotopic (exact) mass is 293 g/mol. The van der Waals surface area contributed by atoms with E-state index in [2.05, 4.69) is 39.0 Å². The SMILES string of the molecule is Cc1cc(C)c(OCCC(C#N)c2ccccc2C)cc1C. The topological polar surface area (TPSA) is 33.0 Å².